The molecule has 2 aromatic rings. The number of aromatic amines is 1. The molecule has 1 unspecified atom stereocenters. The zero-order valence-electron chi connectivity index (χ0n) is 10.1. The molecule has 2 N–H and O–H groups in total. The molecule has 19 heavy (non-hydrogen) atoms. The van der Waals surface area contributed by atoms with E-state index in [0.29, 0.717) is 16.0 Å². The van der Waals surface area contributed by atoms with Crippen LogP contribution in [0.3, 0.4) is 0 Å². The van der Waals surface area contributed by atoms with E-state index >= 15 is 0 Å². The van der Waals surface area contributed by atoms with Crippen LogP contribution in [-0.2, 0) is 6.54 Å². The Morgan fingerprint density at radius 1 is 1.68 bits per heavy atom. The molecule has 8 heteroatoms. The zero-order chi connectivity index (χ0) is 13.8. The van der Waals surface area contributed by atoms with Gasteiger partial charge in [0, 0.05) is 0 Å². The third-order valence-electron chi connectivity index (χ3n) is 2.44. The first-order chi connectivity index (χ1) is 9.13. The first-order valence-electron chi connectivity index (χ1n) is 5.44. The largest absolute Gasteiger partial charge is 0.373 e. The van der Waals surface area contributed by atoms with Crippen molar-refractivity contribution in [1.82, 2.24) is 25.0 Å². The van der Waals surface area contributed by atoms with Crippen LogP contribution in [0.15, 0.2) is 21.8 Å². The van der Waals surface area contributed by atoms with E-state index in [1.807, 2.05) is 6.92 Å². The normalized spacial score (nSPS) is 11.8. The molecule has 0 aliphatic carbocycles. The first-order valence-corrected chi connectivity index (χ1v) is 6.23. The molecule has 0 radical (unpaired) electrons. The number of terminal acetylenes is 1. The fraction of sp³-hybridized carbons (Fsp3) is 0.273. The van der Waals surface area contributed by atoms with Crippen molar-refractivity contribution >= 4 is 21.6 Å². The topological polar surface area (TPSA) is 88.5 Å². The van der Waals surface area contributed by atoms with Crippen molar-refractivity contribution in [2.24, 2.45) is 0 Å². The third-order valence-corrected chi connectivity index (χ3v) is 3.21. The van der Waals surface area contributed by atoms with Crippen molar-refractivity contribution < 1.29 is 0 Å². The molecule has 2 heterocycles. The average molecular weight is 323 g/mol. The molecule has 1 atom stereocenters. The first kappa shape index (κ1) is 13.3. The predicted molar refractivity (Wildman–Crippen MR) is 73.5 cm³/mol. The van der Waals surface area contributed by atoms with Crippen LogP contribution in [0.4, 0.5) is 5.69 Å². The Labute approximate surface area is 117 Å². The number of H-pyrrole nitrogens is 1. The van der Waals surface area contributed by atoms with E-state index in [1.54, 1.807) is 0 Å². The van der Waals surface area contributed by atoms with Gasteiger partial charge < -0.3 is 5.32 Å². The quantitative estimate of drug-likeness (QED) is 0.817. The van der Waals surface area contributed by atoms with E-state index < -0.39 is 0 Å². The number of hydrogen-bond acceptors (Lipinski definition) is 5. The van der Waals surface area contributed by atoms with Crippen LogP contribution >= 0.6 is 15.9 Å². The van der Waals surface area contributed by atoms with Gasteiger partial charge in [0.05, 0.1) is 17.9 Å². The number of aromatic nitrogens is 5. The van der Waals surface area contributed by atoms with Crippen LogP contribution in [0.5, 0.6) is 0 Å². The molecular weight excluding hydrogens is 312 g/mol. The highest BCUT2D eigenvalue weighted by Crippen LogP contribution is 2.21. The molecule has 0 saturated carbocycles. The summed E-state index contributed by atoms with van der Waals surface area (Å²) >= 11 is 3.24. The number of halogens is 1. The van der Waals surface area contributed by atoms with E-state index in [9.17, 15) is 4.79 Å². The van der Waals surface area contributed by atoms with Crippen LogP contribution in [-0.4, -0.2) is 25.0 Å². The number of rotatable bonds is 4. The molecule has 2 rings (SSSR count). The molecular formula is C11H11BrN6O. The molecule has 2 aromatic heterocycles. The standard InChI is InChI=1S/C11H11BrN6O/c1-3-4-18-11(19)9(12)8(5-15-18)16-7(2)10-13-6-14-17-10/h1,5-7,16H,4H2,2H3,(H,13,14,17). The van der Waals surface area contributed by atoms with Gasteiger partial charge in [0.2, 0.25) is 0 Å². The van der Waals surface area contributed by atoms with Gasteiger partial charge in [-0.05, 0) is 22.9 Å². The highest BCUT2D eigenvalue weighted by Gasteiger charge is 2.13. The van der Waals surface area contributed by atoms with Crippen LogP contribution in [0.1, 0.15) is 18.8 Å². The maximum absolute atomic E-state index is 11.9. The lowest BCUT2D eigenvalue weighted by molar-refractivity contribution is 0.657. The van der Waals surface area contributed by atoms with E-state index in [0.717, 1.165) is 0 Å². The van der Waals surface area contributed by atoms with Crippen molar-refractivity contribution in [3.05, 3.63) is 33.2 Å². The maximum Gasteiger partial charge on any atom is 0.284 e. The van der Waals surface area contributed by atoms with Crippen molar-refractivity contribution in [2.45, 2.75) is 19.5 Å². The number of nitrogens with zero attached hydrogens (tertiary/aromatic N) is 4. The van der Waals surface area contributed by atoms with Crippen LogP contribution in [0.2, 0.25) is 0 Å². The summed E-state index contributed by atoms with van der Waals surface area (Å²) in [6, 6.07) is -0.136. The molecule has 0 aliphatic heterocycles. The molecule has 0 saturated heterocycles. The molecule has 0 amide bonds. The van der Waals surface area contributed by atoms with Crippen LogP contribution in [0.25, 0.3) is 0 Å². The van der Waals surface area contributed by atoms with Gasteiger partial charge in [0.25, 0.3) is 5.56 Å². The molecule has 7 nitrogen and oxygen atoms in total. The van der Waals surface area contributed by atoms with Crippen LogP contribution in [0, 0.1) is 12.3 Å². The van der Waals surface area contributed by atoms with Crippen LogP contribution < -0.4 is 10.9 Å². The zero-order valence-corrected chi connectivity index (χ0v) is 11.7. The van der Waals surface area contributed by atoms with E-state index in [2.05, 4.69) is 47.4 Å². The fourth-order valence-corrected chi connectivity index (χ4v) is 1.91. The van der Waals surface area contributed by atoms with E-state index in [4.69, 9.17) is 6.42 Å². The average Bonchev–Trinajstić information content (AvgIpc) is 2.92. The van der Waals surface area contributed by atoms with E-state index in [-0.39, 0.29) is 18.1 Å². The molecule has 0 spiro atoms. The number of hydrogen-bond donors (Lipinski definition) is 2. The summed E-state index contributed by atoms with van der Waals surface area (Å²) in [5.41, 5.74) is 0.287. The van der Waals surface area contributed by atoms with Gasteiger partial charge in [0.15, 0.2) is 0 Å². The lowest BCUT2D eigenvalue weighted by atomic mass is 10.3. The van der Waals surface area contributed by atoms with Gasteiger partial charge in [-0.15, -0.1) is 6.42 Å². The van der Waals surface area contributed by atoms with Gasteiger partial charge in [-0.2, -0.15) is 10.2 Å². The number of anilines is 1. The summed E-state index contributed by atoms with van der Waals surface area (Å²) in [5, 5.41) is 13.6. The second-order valence-corrected chi connectivity index (χ2v) is 4.57. The molecule has 98 valence electrons. The summed E-state index contributed by atoms with van der Waals surface area (Å²) in [6.45, 7) is 2.02. The second kappa shape index (κ2) is 5.67. The summed E-state index contributed by atoms with van der Waals surface area (Å²) in [4.78, 5) is 16.0. The van der Waals surface area contributed by atoms with Crippen molar-refractivity contribution in [3.63, 3.8) is 0 Å². The Kier molecular flexibility index (Phi) is 3.97. The molecule has 0 aromatic carbocycles. The molecule has 0 bridgehead atoms. The fourth-order valence-electron chi connectivity index (χ4n) is 1.49. The minimum Gasteiger partial charge on any atom is -0.373 e. The summed E-state index contributed by atoms with van der Waals surface area (Å²) in [6.07, 6.45) is 8.12. The lowest BCUT2D eigenvalue weighted by Crippen LogP contribution is -2.24. The Hall–Kier alpha value is -2.14. The highest BCUT2D eigenvalue weighted by atomic mass is 79.9. The Balaban J connectivity index is 2.25. The van der Waals surface area contributed by atoms with Crippen molar-refractivity contribution in [3.8, 4) is 12.3 Å². The maximum atomic E-state index is 11.9. The lowest BCUT2D eigenvalue weighted by Gasteiger charge is -2.13. The predicted octanol–water partition coefficient (Wildman–Crippen LogP) is 0.930. The number of nitrogens with one attached hydrogen (secondary N) is 2. The van der Waals surface area contributed by atoms with Gasteiger partial charge >= 0.3 is 0 Å². The van der Waals surface area contributed by atoms with Crippen molar-refractivity contribution in [2.75, 3.05) is 5.32 Å². The van der Waals surface area contributed by atoms with Gasteiger partial charge in [-0.3, -0.25) is 9.89 Å². The Morgan fingerprint density at radius 2 is 2.47 bits per heavy atom. The highest BCUT2D eigenvalue weighted by molar-refractivity contribution is 9.10. The summed E-state index contributed by atoms with van der Waals surface area (Å²) < 4.78 is 1.58. The smallest absolute Gasteiger partial charge is 0.284 e. The van der Waals surface area contributed by atoms with Crippen molar-refractivity contribution in [1.29, 1.82) is 0 Å². The minimum absolute atomic E-state index is 0.134. The summed E-state index contributed by atoms with van der Waals surface area (Å²) in [7, 11) is 0. The van der Waals surface area contributed by atoms with Gasteiger partial charge in [-0.25, -0.2) is 9.67 Å². The third kappa shape index (κ3) is 2.82. The molecule has 0 fully saturated rings. The summed E-state index contributed by atoms with van der Waals surface area (Å²) in [5.74, 6) is 3.04. The van der Waals surface area contributed by atoms with E-state index in [1.165, 1.54) is 17.2 Å². The van der Waals surface area contributed by atoms with Gasteiger partial charge in [0.1, 0.15) is 23.2 Å². The second-order valence-electron chi connectivity index (χ2n) is 3.78. The Morgan fingerprint density at radius 3 is 3.11 bits per heavy atom. The molecule has 0 aliphatic rings. The Bertz CT molecular complexity index is 657. The SMILES string of the molecule is C#CCn1ncc(NC(C)c2ncn[nH]2)c(Br)c1=O. The minimum atomic E-state index is -0.285. The van der Waals surface area contributed by atoms with Gasteiger partial charge in [-0.1, -0.05) is 5.92 Å². The monoisotopic (exact) mass is 322 g/mol.